The molecule has 0 aromatic carbocycles. The van der Waals surface area contributed by atoms with Gasteiger partial charge in [-0.2, -0.15) is 0 Å². The number of carboxylic acid groups (broad SMARTS) is 1. The van der Waals surface area contributed by atoms with E-state index >= 15 is 0 Å². The predicted molar refractivity (Wildman–Crippen MR) is 92.5 cm³/mol. The van der Waals surface area contributed by atoms with Crippen molar-refractivity contribution in [2.45, 2.75) is 12.8 Å². The van der Waals surface area contributed by atoms with Gasteiger partial charge in [-0.15, -0.1) is 0 Å². The van der Waals surface area contributed by atoms with Crippen molar-refractivity contribution >= 4 is 11.9 Å². The summed E-state index contributed by atoms with van der Waals surface area (Å²) in [4.78, 5) is 37.6. The van der Waals surface area contributed by atoms with Gasteiger partial charge in [0.05, 0.1) is 23.1 Å². The number of aromatic nitrogens is 3. The van der Waals surface area contributed by atoms with Gasteiger partial charge in [-0.05, 0) is 24.8 Å². The van der Waals surface area contributed by atoms with Crippen LogP contribution in [0.3, 0.4) is 0 Å². The van der Waals surface area contributed by atoms with Gasteiger partial charge in [0.2, 0.25) is 5.91 Å². The Bertz CT molecular complexity index is 811. The summed E-state index contributed by atoms with van der Waals surface area (Å²) >= 11 is 0. The second-order valence-electron chi connectivity index (χ2n) is 6.29. The first-order valence-electron chi connectivity index (χ1n) is 8.33. The maximum atomic E-state index is 11.9. The summed E-state index contributed by atoms with van der Waals surface area (Å²) in [6.45, 7) is 1.52. The Morgan fingerprint density at radius 2 is 2.08 bits per heavy atom. The number of hydrogen-bond acceptors (Lipinski definition) is 6. The van der Waals surface area contributed by atoms with E-state index in [4.69, 9.17) is 9.84 Å². The van der Waals surface area contributed by atoms with Crippen molar-refractivity contribution in [3.63, 3.8) is 0 Å². The number of carbonyl (C=O) groups is 2. The van der Waals surface area contributed by atoms with E-state index in [0.29, 0.717) is 30.1 Å². The number of hydrogen-bond donors (Lipinski definition) is 1. The van der Waals surface area contributed by atoms with Crippen LogP contribution in [0.25, 0.3) is 11.3 Å². The van der Waals surface area contributed by atoms with E-state index in [2.05, 4.69) is 15.0 Å². The molecule has 26 heavy (non-hydrogen) atoms. The molecule has 0 saturated carbocycles. The molecule has 1 amide bonds. The molecular formula is C18H20N4O4. The van der Waals surface area contributed by atoms with Gasteiger partial charge in [-0.25, -0.2) is 9.78 Å². The zero-order valence-corrected chi connectivity index (χ0v) is 14.5. The Balaban J connectivity index is 1.70. The van der Waals surface area contributed by atoms with Gasteiger partial charge in [-0.1, -0.05) is 0 Å². The van der Waals surface area contributed by atoms with E-state index in [0.717, 1.165) is 18.7 Å². The molecule has 2 aromatic heterocycles. The third-order valence-electron chi connectivity index (χ3n) is 4.37. The summed E-state index contributed by atoms with van der Waals surface area (Å²) in [7, 11) is 1.51. The number of ether oxygens (including phenoxy) is 1. The van der Waals surface area contributed by atoms with E-state index in [-0.39, 0.29) is 18.1 Å². The van der Waals surface area contributed by atoms with Crippen LogP contribution in [0.15, 0.2) is 30.9 Å². The number of rotatable bonds is 6. The molecule has 0 spiro atoms. The van der Waals surface area contributed by atoms with Crippen LogP contribution in [0.2, 0.25) is 0 Å². The van der Waals surface area contributed by atoms with Crippen molar-refractivity contribution in [2.75, 3.05) is 26.8 Å². The predicted octanol–water partition coefficient (Wildman–Crippen LogP) is 1.27. The normalized spacial score (nSPS) is 16.7. The summed E-state index contributed by atoms with van der Waals surface area (Å²) in [5.74, 6) is -0.703. The summed E-state index contributed by atoms with van der Waals surface area (Å²) in [6, 6.07) is 1.53. The zero-order valence-electron chi connectivity index (χ0n) is 14.5. The number of carbonyl (C=O) groups excluding carboxylic acids is 1. The van der Waals surface area contributed by atoms with E-state index in [1.54, 1.807) is 18.6 Å². The molecule has 1 aliphatic rings. The zero-order chi connectivity index (χ0) is 18.5. The molecule has 0 aliphatic carbocycles. The summed E-state index contributed by atoms with van der Waals surface area (Å²) in [5.41, 5.74) is 2.12. The Labute approximate surface area is 150 Å². The monoisotopic (exact) mass is 356 g/mol. The standard InChI is InChI=1S/C18H20N4O4/c1-26-11-17(23)22-3-2-12(10-22)4-15-8-20-9-16(21-15)13-5-14(18(24)25)7-19-6-13/h5-9,12H,2-4,10-11H2,1H3,(H,24,25)/t12-/m0/s1. The molecule has 0 bridgehead atoms. The molecule has 2 aromatic rings. The lowest BCUT2D eigenvalue weighted by Crippen LogP contribution is -2.31. The molecule has 0 unspecified atom stereocenters. The van der Waals surface area contributed by atoms with Crippen LogP contribution in [0.4, 0.5) is 0 Å². The molecule has 1 N–H and O–H groups in total. The van der Waals surface area contributed by atoms with Crippen molar-refractivity contribution in [1.82, 2.24) is 19.9 Å². The fraction of sp³-hybridized carbons (Fsp3) is 0.389. The molecule has 3 rings (SSSR count). The van der Waals surface area contributed by atoms with Gasteiger partial charge in [0.1, 0.15) is 6.61 Å². The third kappa shape index (κ3) is 4.20. The highest BCUT2D eigenvalue weighted by Crippen LogP contribution is 2.22. The largest absolute Gasteiger partial charge is 0.478 e. The minimum Gasteiger partial charge on any atom is -0.478 e. The van der Waals surface area contributed by atoms with Gasteiger partial charge in [0, 0.05) is 44.4 Å². The van der Waals surface area contributed by atoms with Crippen molar-refractivity contribution in [2.24, 2.45) is 5.92 Å². The Morgan fingerprint density at radius 1 is 1.27 bits per heavy atom. The van der Waals surface area contributed by atoms with Crippen molar-refractivity contribution < 1.29 is 19.4 Å². The third-order valence-corrected chi connectivity index (χ3v) is 4.37. The molecule has 1 fully saturated rings. The topological polar surface area (TPSA) is 106 Å². The fourth-order valence-electron chi connectivity index (χ4n) is 3.08. The van der Waals surface area contributed by atoms with E-state index in [9.17, 15) is 9.59 Å². The molecule has 3 heterocycles. The number of pyridine rings is 1. The van der Waals surface area contributed by atoms with E-state index in [1.807, 2.05) is 4.90 Å². The minimum absolute atomic E-state index is 0.00592. The molecule has 8 heteroatoms. The second-order valence-corrected chi connectivity index (χ2v) is 6.29. The highest BCUT2D eigenvalue weighted by Gasteiger charge is 2.26. The van der Waals surface area contributed by atoms with Crippen molar-refractivity contribution in [1.29, 1.82) is 0 Å². The molecule has 1 saturated heterocycles. The maximum Gasteiger partial charge on any atom is 0.337 e. The summed E-state index contributed by atoms with van der Waals surface area (Å²) < 4.78 is 4.90. The number of amides is 1. The molecular weight excluding hydrogens is 336 g/mol. The van der Waals surface area contributed by atoms with Gasteiger partial charge in [0.15, 0.2) is 0 Å². The van der Waals surface area contributed by atoms with Crippen LogP contribution in [0, 0.1) is 5.92 Å². The minimum atomic E-state index is -1.03. The highest BCUT2D eigenvalue weighted by molar-refractivity contribution is 5.88. The van der Waals surface area contributed by atoms with Crippen LogP contribution in [0.1, 0.15) is 22.5 Å². The molecule has 8 nitrogen and oxygen atoms in total. The van der Waals surface area contributed by atoms with Crippen LogP contribution < -0.4 is 0 Å². The van der Waals surface area contributed by atoms with Gasteiger partial charge in [0.25, 0.3) is 0 Å². The second kappa shape index (κ2) is 8.01. The smallest absolute Gasteiger partial charge is 0.337 e. The lowest BCUT2D eigenvalue weighted by molar-refractivity contribution is -0.134. The Hall–Kier alpha value is -2.87. The Kier molecular flexibility index (Phi) is 5.52. The molecule has 136 valence electrons. The molecule has 0 radical (unpaired) electrons. The first-order chi connectivity index (χ1) is 12.6. The number of carboxylic acids is 1. The molecule has 1 aliphatic heterocycles. The van der Waals surface area contributed by atoms with Gasteiger partial charge < -0.3 is 14.7 Å². The SMILES string of the molecule is COCC(=O)N1CC[C@@H](Cc2cncc(-c3cncc(C(=O)O)c3)n2)C1. The average Bonchev–Trinajstić information content (AvgIpc) is 3.11. The van der Waals surface area contributed by atoms with Crippen molar-refractivity contribution in [3.05, 3.63) is 42.1 Å². The first kappa shape index (κ1) is 17.9. The summed E-state index contributed by atoms with van der Waals surface area (Å²) in [6.07, 6.45) is 7.79. The highest BCUT2D eigenvalue weighted by atomic mass is 16.5. The number of nitrogens with zero attached hydrogens (tertiary/aromatic N) is 4. The molecule has 1 atom stereocenters. The quantitative estimate of drug-likeness (QED) is 0.831. The number of aromatic carboxylic acids is 1. The van der Waals surface area contributed by atoms with E-state index in [1.165, 1.54) is 19.4 Å². The Morgan fingerprint density at radius 3 is 2.85 bits per heavy atom. The van der Waals surface area contributed by atoms with Crippen LogP contribution in [-0.4, -0.2) is 63.6 Å². The van der Waals surface area contributed by atoms with Gasteiger partial charge in [-0.3, -0.25) is 14.8 Å². The van der Waals surface area contributed by atoms with Crippen LogP contribution in [-0.2, 0) is 16.0 Å². The van der Waals surface area contributed by atoms with Crippen molar-refractivity contribution in [3.8, 4) is 11.3 Å². The first-order valence-corrected chi connectivity index (χ1v) is 8.33. The number of likely N-dealkylation sites (tertiary alicyclic amines) is 1. The lowest BCUT2D eigenvalue weighted by atomic mass is 10.0. The average molecular weight is 356 g/mol. The number of methoxy groups -OCH3 is 1. The van der Waals surface area contributed by atoms with E-state index < -0.39 is 5.97 Å². The summed E-state index contributed by atoms with van der Waals surface area (Å²) in [5, 5.41) is 9.09. The maximum absolute atomic E-state index is 11.9. The lowest BCUT2D eigenvalue weighted by Gasteiger charge is -2.15. The van der Waals surface area contributed by atoms with Crippen LogP contribution in [0.5, 0.6) is 0 Å². The van der Waals surface area contributed by atoms with Crippen LogP contribution >= 0.6 is 0 Å². The van der Waals surface area contributed by atoms with Gasteiger partial charge >= 0.3 is 5.97 Å². The fourth-order valence-corrected chi connectivity index (χ4v) is 3.08.